The monoisotopic (exact) mass is 216 g/mol. The van der Waals surface area contributed by atoms with Crippen molar-refractivity contribution in [2.75, 3.05) is 0 Å². The summed E-state index contributed by atoms with van der Waals surface area (Å²) >= 11 is 4.94. The van der Waals surface area contributed by atoms with Crippen molar-refractivity contribution in [3.63, 3.8) is 0 Å². The van der Waals surface area contributed by atoms with Crippen molar-refractivity contribution in [2.24, 2.45) is 5.73 Å². The van der Waals surface area contributed by atoms with Crippen LogP contribution in [0.5, 0.6) is 0 Å². The van der Waals surface area contributed by atoms with Gasteiger partial charge in [0.2, 0.25) is 0 Å². The number of hydrogen-bond donors (Lipinski definition) is 1. The first kappa shape index (κ1) is 10.1. The number of rotatable bonds is 1. The molecule has 0 atom stereocenters. The summed E-state index contributed by atoms with van der Waals surface area (Å²) in [7, 11) is 0. The van der Waals surface area contributed by atoms with Crippen molar-refractivity contribution in [3.8, 4) is 0 Å². The largest absolute Gasteiger partial charge is 0.388 e. The van der Waals surface area contributed by atoms with Gasteiger partial charge in [-0.2, -0.15) is 0 Å². The quantitative estimate of drug-likeness (QED) is 0.744. The first-order valence-corrected chi connectivity index (χ1v) is 5.17. The number of fused-ring (bicyclic) bond motifs is 1. The molecular formula is C12H12N2S. The molecule has 76 valence electrons. The van der Waals surface area contributed by atoms with E-state index in [1.807, 2.05) is 32.0 Å². The Hall–Kier alpha value is -1.48. The summed E-state index contributed by atoms with van der Waals surface area (Å²) in [5, 5.41) is 1.16. The van der Waals surface area contributed by atoms with Gasteiger partial charge in [-0.25, -0.2) is 4.98 Å². The minimum Gasteiger partial charge on any atom is -0.388 e. The Bertz CT molecular complexity index is 547. The Kier molecular flexibility index (Phi) is 2.40. The molecule has 0 saturated carbocycles. The molecule has 0 fully saturated rings. The molecule has 1 aromatic carbocycles. The summed E-state index contributed by atoms with van der Waals surface area (Å²) in [6.45, 7) is 4.09. The summed E-state index contributed by atoms with van der Waals surface area (Å²) in [5.41, 5.74) is 9.58. The van der Waals surface area contributed by atoms with Crippen LogP contribution < -0.4 is 5.73 Å². The number of para-hydroxylation sites is 1. The van der Waals surface area contributed by atoms with Crippen molar-refractivity contribution >= 4 is 28.1 Å². The highest BCUT2D eigenvalue weighted by Gasteiger charge is 2.05. The molecule has 0 aliphatic carbocycles. The molecule has 0 radical (unpaired) electrons. The number of nitrogens with two attached hydrogens (primary N) is 1. The molecule has 0 unspecified atom stereocenters. The van der Waals surface area contributed by atoms with E-state index >= 15 is 0 Å². The maximum atomic E-state index is 5.59. The number of pyridine rings is 1. The SMILES string of the molecule is Cc1cc(C(N)=S)nc2c(C)cccc12. The van der Waals surface area contributed by atoms with E-state index in [0.717, 1.165) is 22.0 Å². The predicted molar refractivity (Wildman–Crippen MR) is 67.1 cm³/mol. The molecule has 15 heavy (non-hydrogen) atoms. The Labute approximate surface area is 94.1 Å². The lowest BCUT2D eigenvalue weighted by atomic mass is 10.1. The highest BCUT2D eigenvalue weighted by Crippen LogP contribution is 2.20. The fourth-order valence-corrected chi connectivity index (χ4v) is 1.79. The molecule has 1 aromatic heterocycles. The van der Waals surface area contributed by atoms with E-state index < -0.39 is 0 Å². The van der Waals surface area contributed by atoms with Crippen LogP contribution in [0.25, 0.3) is 10.9 Å². The number of nitrogens with zero attached hydrogens (tertiary/aromatic N) is 1. The normalized spacial score (nSPS) is 10.5. The zero-order valence-electron chi connectivity index (χ0n) is 8.74. The number of benzene rings is 1. The van der Waals surface area contributed by atoms with Gasteiger partial charge in [-0.3, -0.25) is 0 Å². The van der Waals surface area contributed by atoms with Gasteiger partial charge in [-0.05, 0) is 31.0 Å². The highest BCUT2D eigenvalue weighted by atomic mass is 32.1. The zero-order chi connectivity index (χ0) is 11.0. The molecule has 0 spiro atoms. The van der Waals surface area contributed by atoms with Crippen LogP contribution in [0, 0.1) is 13.8 Å². The van der Waals surface area contributed by atoms with Crippen LogP contribution in [0.4, 0.5) is 0 Å². The van der Waals surface area contributed by atoms with E-state index in [0.29, 0.717) is 10.7 Å². The Balaban J connectivity index is 2.85. The molecule has 2 aromatic rings. The van der Waals surface area contributed by atoms with Crippen molar-refractivity contribution < 1.29 is 0 Å². The zero-order valence-corrected chi connectivity index (χ0v) is 9.56. The van der Waals surface area contributed by atoms with Gasteiger partial charge in [0.1, 0.15) is 4.99 Å². The third kappa shape index (κ3) is 1.70. The highest BCUT2D eigenvalue weighted by molar-refractivity contribution is 7.80. The van der Waals surface area contributed by atoms with Gasteiger partial charge < -0.3 is 5.73 Å². The van der Waals surface area contributed by atoms with Crippen LogP contribution in [-0.4, -0.2) is 9.97 Å². The Morgan fingerprint density at radius 1 is 1.27 bits per heavy atom. The summed E-state index contributed by atoms with van der Waals surface area (Å²) in [5.74, 6) is 0. The van der Waals surface area contributed by atoms with Crippen molar-refractivity contribution in [1.29, 1.82) is 0 Å². The fraction of sp³-hybridized carbons (Fsp3) is 0.167. The molecule has 0 bridgehead atoms. The van der Waals surface area contributed by atoms with Crippen molar-refractivity contribution in [1.82, 2.24) is 4.98 Å². The van der Waals surface area contributed by atoms with Crippen molar-refractivity contribution in [2.45, 2.75) is 13.8 Å². The van der Waals surface area contributed by atoms with E-state index in [2.05, 4.69) is 11.1 Å². The van der Waals surface area contributed by atoms with Gasteiger partial charge in [-0.1, -0.05) is 30.4 Å². The average molecular weight is 216 g/mol. The molecule has 2 N–H and O–H groups in total. The van der Waals surface area contributed by atoms with Gasteiger partial charge in [0.25, 0.3) is 0 Å². The molecule has 0 aliphatic rings. The summed E-state index contributed by atoms with van der Waals surface area (Å²) < 4.78 is 0. The van der Waals surface area contributed by atoms with E-state index in [1.54, 1.807) is 0 Å². The van der Waals surface area contributed by atoms with E-state index in [4.69, 9.17) is 18.0 Å². The number of thiocarbonyl (C=S) groups is 1. The smallest absolute Gasteiger partial charge is 0.122 e. The van der Waals surface area contributed by atoms with Gasteiger partial charge in [0, 0.05) is 5.39 Å². The Morgan fingerprint density at radius 2 is 2.00 bits per heavy atom. The van der Waals surface area contributed by atoms with Crippen LogP contribution in [0.3, 0.4) is 0 Å². The van der Waals surface area contributed by atoms with Gasteiger partial charge >= 0.3 is 0 Å². The molecule has 1 heterocycles. The molecule has 0 aliphatic heterocycles. The van der Waals surface area contributed by atoms with Crippen LogP contribution in [0.2, 0.25) is 0 Å². The second-order valence-electron chi connectivity index (χ2n) is 3.66. The molecule has 2 nitrogen and oxygen atoms in total. The van der Waals surface area contributed by atoms with Crippen LogP contribution in [-0.2, 0) is 0 Å². The lowest BCUT2D eigenvalue weighted by Gasteiger charge is -2.07. The van der Waals surface area contributed by atoms with Gasteiger partial charge in [0.05, 0.1) is 11.2 Å². The number of aromatic nitrogens is 1. The number of hydrogen-bond acceptors (Lipinski definition) is 2. The lowest BCUT2D eigenvalue weighted by molar-refractivity contribution is 1.30. The van der Waals surface area contributed by atoms with Gasteiger partial charge in [-0.15, -0.1) is 0 Å². The van der Waals surface area contributed by atoms with Gasteiger partial charge in [0.15, 0.2) is 0 Å². The second kappa shape index (κ2) is 3.59. The van der Waals surface area contributed by atoms with Crippen LogP contribution in [0.15, 0.2) is 24.3 Å². The molecule has 0 amide bonds. The van der Waals surface area contributed by atoms with E-state index in [-0.39, 0.29) is 0 Å². The first-order valence-electron chi connectivity index (χ1n) is 4.76. The molecule has 2 rings (SSSR count). The third-order valence-electron chi connectivity index (χ3n) is 2.50. The molecule has 0 saturated heterocycles. The predicted octanol–water partition coefficient (Wildman–Crippen LogP) is 2.49. The minimum atomic E-state index is 0.350. The number of aryl methyl sites for hydroxylation is 2. The maximum absolute atomic E-state index is 5.59. The fourth-order valence-electron chi connectivity index (χ4n) is 1.69. The lowest BCUT2D eigenvalue weighted by Crippen LogP contribution is -2.12. The first-order chi connectivity index (χ1) is 7.09. The third-order valence-corrected chi connectivity index (χ3v) is 2.71. The van der Waals surface area contributed by atoms with E-state index in [1.165, 1.54) is 0 Å². The van der Waals surface area contributed by atoms with Crippen LogP contribution in [0.1, 0.15) is 16.8 Å². The summed E-state index contributed by atoms with van der Waals surface area (Å²) in [6.07, 6.45) is 0. The standard InChI is InChI=1S/C12H12N2S/c1-7-4-3-5-9-8(2)6-10(12(13)15)14-11(7)9/h3-6H,1-2H3,(H2,13,15). The molecule has 3 heteroatoms. The minimum absolute atomic E-state index is 0.350. The summed E-state index contributed by atoms with van der Waals surface area (Å²) in [4.78, 5) is 4.82. The van der Waals surface area contributed by atoms with E-state index in [9.17, 15) is 0 Å². The Morgan fingerprint density at radius 3 is 2.67 bits per heavy atom. The topological polar surface area (TPSA) is 38.9 Å². The summed E-state index contributed by atoms with van der Waals surface area (Å²) in [6, 6.07) is 8.07. The average Bonchev–Trinajstić information content (AvgIpc) is 2.19. The van der Waals surface area contributed by atoms with Crippen LogP contribution >= 0.6 is 12.2 Å². The second-order valence-corrected chi connectivity index (χ2v) is 4.10. The van der Waals surface area contributed by atoms with Crippen molar-refractivity contribution in [3.05, 3.63) is 41.1 Å². The maximum Gasteiger partial charge on any atom is 0.122 e. The molecular weight excluding hydrogens is 204 g/mol.